The van der Waals surface area contributed by atoms with Crippen molar-refractivity contribution in [3.63, 3.8) is 0 Å². The smallest absolute Gasteiger partial charge is 0.379 e. The van der Waals surface area contributed by atoms with Crippen LogP contribution < -0.4 is 5.32 Å². The number of nitrogens with one attached hydrogen (secondary N) is 1. The Balaban J connectivity index is 2.28. The van der Waals surface area contributed by atoms with E-state index in [1.54, 1.807) is 30.6 Å². The lowest BCUT2D eigenvalue weighted by Gasteiger charge is -2.17. The van der Waals surface area contributed by atoms with Gasteiger partial charge in [0, 0.05) is 24.1 Å². The normalized spacial score (nSPS) is 12.5. The van der Waals surface area contributed by atoms with Gasteiger partial charge in [-0.2, -0.15) is 18.4 Å². The molecule has 0 spiro atoms. The maximum Gasteiger partial charge on any atom is 0.417 e. The Morgan fingerprint density at radius 2 is 1.86 bits per heavy atom. The van der Waals surface area contributed by atoms with Crippen LogP contribution in [0.25, 0.3) is 0 Å². The van der Waals surface area contributed by atoms with Crippen molar-refractivity contribution < 1.29 is 13.2 Å². The van der Waals surface area contributed by atoms with Crippen molar-refractivity contribution in [2.75, 3.05) is 5.32 Å². The fourth-order valence-electron chi connectivity index (χ4n) is 1.95. The maximum absolute atomic E-state index is 12.9. The predicted octanol–water partition coefficient (Wildman–Crippen LogP) is 4.15. The summed E-state index contributed by atoms with van der Waals surface area (Å²) >= 11 is 0. The van der Waals surface area contributed by atoms with E-state index in [0.717, 1.165) is 11.6 Å². The van der Waals surface area contributed by atoms with Gasteiger partial charge in [0.1, 0.15) is 0 Å². The molecular weight excluding hydrogens is 279 g/mol. The van der Waals surface area contributed by atoms with Crippen LogP contribution in [0.1, 0.15) is 29.7 Å². The van der Waals surface area contributed by atoms with Crippen LogP contribution in [0.5, 0.6) is 0 Å². The number of aromatic nitrogens is 1. The van der Waals surface area contributed by atoms with Crippen molar-refractivity contribution in [2.24, 2.45) is 0 Å². The molecule has 108 valence electrons. The number of hydrogen-bond acceptors (Lipinski definition) is 3. The third-order valence-corrected chi connectivity index (χ3v) is 3.03. The molecule has 1 aromatic carbocycles. The van der Waals surface area contributed by atoms with E-state index in [9.17, 15) is 13.2 Å². The highest BCUT2D eigenvalue weighted by Gasteiger charge is 2.33. The minimum Gasteiger partial charge on any atom is -0.379 e. The monoisotopic (exact) mass is 291 g/mol. The lowest BCUT2D eigenvalue weighted by molar-refractivity contribution is -0.137. The van der Waals surface area contributed by atoms with Crippen LogP contribution in [0.15, 0.2) is 42.7 Å². The number of nitriles is 1. The minimum absolute atomic E-state index is 0.179. The predicted molar refractivity (Wildman–Crippen MR) is 72.4 cm³/mol. The molecule has 0 fully saturated rings. The molecule has 21 heavy (non-hydrogen) atoms. The van der Waals surface area contributed by atoms with E-state index < -0.39 is 11.7 Å². The van der Waals surface area contributed by atoms with Crippen molar-refractivity contribution in [3.05, 3.63) is 59.4 Å². The average molecular weight is 291 g/mol. The number of hydrogen-bond donors (Lipinski definition) is 1. The molecule has 0 amide bonds. The first-order valence-corrected chi connectivity index (χ1v) is 6.19. The summed E-state index contributed by atoms with van der Waals surface area (Å²) in [5.74, 6) is 0. The second-order valence-corrected chi connectivity index (χ2v) is 4.52. The molecule has 0 saturated heterocycles. The van der Waals surface area contributed by atoms with Crippen LogP contribution in [0.3, 0.4) is 0 Å². The van der Waals surface area contributed by atoms with E-state index in [4.69, 9.17) is 5.26 Å². The Morgan fingerprint density at radius 1 is 1.19 bits per heavy atom. The molecule has 0 aliphatic rings. The largest absolute Gasteiger partial charge is 0.417 e. The van der Waals surface area contributed by atoms with Gasteiger partial charge in [-0.15, -0.1) is 0 Å². The SMILES string of the molecule is CC(Nc1ccc(C#N)c(C(F)(F)F)c1)c1ccncc1. The summed E-state index contributed by atoms with van der Waals surface area (Å²) in [6.45, 7) is 1.83. The summed E-state index contributed by atoms with van der Waals surface area (Å²) in [6.07, 6.45) is -1.32. The molecule has 6 heteroatoms. The highest BCUT2D eigenvalue weighted by Crippen LogP contribution is 2.34. The molecule has 0 aliphatic carbocycles. The van der Waals surface area contributed by atoms with E-state index >= 15 is 0 Å². The Labute approximate surface area is 120 Å². The number of halogens is 3. The van der Waals surface area contributed by atoms with Crippen molar-refractivity contribution in [1.29, 1.82) is 5.26 Å². The van der Waals surface area contributed by atoms with Crippen LogP contribution in [-0.4, -0.2) is 4.98 Å². The lowest BCUT2D eigenvalue weighted by Crippen LogP contribution is -2.11. The summed E-state index contributed by atoms with van der Waals surface area (Å²) in [7, 11) is 0. The molecule has 1 aromatic heterocycles. The Kier molecular flexibility index (Phi) is 4.13. The van der Waals surface area contributed by atoms with Gasteiger partial charge in [-0.25, -0.2) is 0 Å². The maximum atomic E-state index is 12.9. The first-order valence-electron chi connectivity index (χ1n) is 6.19. The molecule has 0 saturated carbocycles. The van der Waals surface area contributed by atoms with Gasteiger partial charge in [0.05, 0.1) is 17.2 Å². The Hall–Kier alpha value is -2.55. The summed E-state index contributed by atoms with van der Waals surface area (Å²) < 4.78 is 38.7. The van der Waals surface area contributed by atoms with Crippen LogP contribution in [-0.2, 0) is 6.18 Å². The number of anilines is 1. The third kappa shape index (κ3) is 3.51. The number of benzene rings is 1. The van der Waals surface area contributed by atoms with Crippen LogP contribution in [0, 0.1) is 11.3 Å². The van der Waals surface area contributed by atoms with Gasteiger partial charge in [0.2, 0.25) is 0 Å². The second kappa shape index (κ2) is 5.83. The third-order valence-electron chi connectivity index (χ3n) is 3.03. The topological polar surface area (TPSA) is 48.7 Å². The van der Waals surface area contributed by atoms with E-state index in [-0.39, 0.29) is 11.6 Å². The van der Waals surface area contributed by atoms with Crippen LogP contribution >= 0.6 is 0 Å². The zero-order chi connectivity index (χ0) is 15.5. The number of rotatable bonds is 3. The van der Waals surface area contributed by atoms with Crippen molar-refractivity contribution in [3.8, 4) is 6.07 Å². The lowest BCUT2D eigenvalue weighted by atomic mass is 10.1. The number of nitrogens with zero attached hydrogens (tertiary/aromatic N) is 2. The Bertz CT molecular complexity index is 660. The van der Waals surface area contributed by atoms with Gasteiger partial charge in [0.15, 0.2) is 0 Å². The first-order chi connectivity index (χ1) is 9.91. The van der Waals surface area contributed by atoms with Crippen LogP contribution in [0.4, 0.5) is 18.9 Å². The molecule has 1 N–H and O–H groups in total. The van der Waals surface area contributed by atoms with Gasteiger partial charge in [0.25, 0.3) is 0 Å². The van der Waals surface area contributed by atoms with E-state index in [0.29, 0.717) is 5.69 Å². The summed E-state index contributed by atoms with van der Waals surface area (Å²) in [5, 5.41) is 11.7. The molecule has 0 radical (unpaired) electrons. The molecule has 1 unspecified atom stereocenters. The molecule has 3 nitrogen and oxygen atoms in total. The van der Waals surface area contributed by atoms with Gasteiger partial charge >= 0.3 is 6.18 Å². The summed E-state index contributed by atoms with van der Waals surface area (Å²) in [6, 6.07) is 8.54. The molecule has 2 aromatic rings. The highest BCUT2D eigenvalue weighted by atomic mass is 19.4. The first kappa shape index (κ1) is 14.9. The quantitative estimate of drug-likeness (QED) is 0.924. The summed E-state index contributed by atoms with van der Waals surface area (Å²) in [4.78, 5) is 3.89. The van der Waals surface area contributed by atoms with Crippen LogP contribution in [0.2, 0.25) is 0 Å². The van der Waals surface area contributed by atoms with Gasteiger partial charge < -0.3 is 5.32 Å². The van der Waals surface area contributed by atoms with Gasteiger partial charge in [-0.3, -0.25) is 4.98 Å². The number of alkyl halides is 3. The van der Waals surface area contributed by atoms with Crippen molar-refractivity contribution >= 4 is 5.69 Å². The molecule has 1 atom stereocenters. The standard InChI is InChI=1S/C15H12F3N3/c1-10(11-4-6-20-7-5-11)21-13-3-2-12(9-19)14(8-13)15(16,17)18/h2-8,10,21H,1H3. The fraction of sp³-hybridized carbons (Fsp3) is 0.200. The van der Waals surface area contributed by atoms with E-state index in [1.165, 1.54) is 12.1 Å². The Morgan fingerprint density at radius 3 is 2.43 bits per heavy atom. The van der Waals surface area contributed by atoms with Gasteiger partial charge in [-0.05, 0) is 42.8 Å². The highest BCUT2D eigenvalue weighted by molar-refractivity contribution is 5.54. The van der Waals surface area contributed by atoms with E-state index in [1.807, 2.05) is 6.92 Å². The van der Waals surface area contributed by atoms with E-state index in [2.05, 4.69) is 10.3 Å². The molecular formula is C15H12F3N3. The molecule has 1 heterocycles. The second-order valence-electron chi connectivity index (χ2n) is 4.52. The number of pyridine rings is 1. The van der Waals surface area contributed by atoms with Gasteiger partial charge in [-0.1, -0.05) is 0 Å². The zero-order valence-electron chi connectivity index (χ0n) is 11.1. The molecule has 2 rings (SSSR count). The van der Waals surface area contributed by atoms with Crippen molar-refractivity contribution in [1.82, 2.24) is 4.98 Å². The zero-order valence-corrected chi connectivity index (χ0v) is 11.1. The average Bonchev–Trinajstić information content (AvgIpc) is 2.47. The van der Waals surface area contributed by atoms with Crippen molar-refractivity contribution in [2.45, 2.75) is 19.1 Å². The molecule has 0 aliphatic heterocycles. The molecule has 0 bridgehead atoms. The minimum atomic E-state index is -4.55. The summed E-state index contributed by atoms with van der Waals surface area (Å²) in [5.41, 5.74) is -0.102. The fourth-order valence-corrected chi connectivity index (χ4v) is 1.95.